The number of aromatic nitrogens is 1. The van der Waals surface area contributed by atoms with Gasteiger partial charge in [-0.3, -0.25) is 0 Å². The van der Waals surface area contributed by atoms with Gasteiger partial charge in [-0.2, -0.15) is 4.37 Å². The summed E-state index contributed by atoms with van der Waals surface area (Å²) in [5.74, 6) is 0. The summed E-state index contributed by atoms with van der Waals surface area (Å²) in [5.41, 5.74) is 6.78. The van der Waals surface area contributed by atoms with Crippen LogP contribution in [0.4, 0.5) is 0 Å². The molecule has 3 nitrogen and oxygen atoms in total. The highest BCUT2D eigenvalue weighted by atomic mass is 32.1. The number of rotatable bonds is 2. The number of ether oxygens (including phenoxy) is 1. The minimum atomic E-state index is 0.0417. The molecule has 0 unspecified atom stereocenters. The molecule has 1 aromatic heterocycles. The molecule has 2 heterocycles. The zero-order valence-corrected chi connectivity index (χ0v) is 6.93. The van der Waals surface area contributed by atoms with Crippen molar-refractivity contribution in [3.63, 3.8) is 0 Å². The quantitative estimate of drug-likeness (QED) is 0.697. The minimum Gasteiger partial charge on any atom is -0.379 e. The molecular weight excluding hydrogens is 160 g/mol. The second-order valence-corrected chi connectivity index (χ2v) is 3.53. The lowest BCUT2D eigenvalue weighted by Crippen LogP contribution is -2.52. The van der Waals surface area contributed by atoms with E-state index in [1.165, 1.54) is 11.5 Å². The zero-order valence-electron chi connectivity index (χ0n) is 6.12. The van der Waals surface area contributed by atoms with Gasteiger partial charge in [0.1, 0.15) is 0 Å². The van der Waals surface area contributed by atoms with Crippen LogP contribution < -0.4 is 5.73 Å². The van der Waals surface area contributed by atoms with Crippen molar-refractivity contribution < 1.29 is 4.74 Å². The maximum absolute atomic E-state index is 5.64. The van der Waals surface area contributed by atoms with Gasteiger partial charge in [0, 0.05) is 11.9 Å². The smallest absolute Gasteiger partial charge is 0.0725 e. The summed E-state index contributed by atoms with van der Waals surface area (Å²) in [7, 11) is 0. The van der Waals surface area contributed by atoms with E-state index >= 15 is 0 Å². The highest BCUT2D eigenvalue weighted by molar-refractivity contribution is 7.03. The van der Waals surface area contributed by atoms with Crippen LogP contribution in [0.15, 0.2) is 11.4 Å². The first-order valence-corrected chi connectivity index (χ1v) is 4.40. The van der Waals surface area contributed by atoms with Crippen LogP contribution in [0.5, 0.6) is 0 Å². The van der Waals surface area contributed by atoms with E-state index in [9.17, 15) is 0 Å². The molecule has 2 N–H and O–H groups in total. The number of nitrogens with two attached hydrogens (primary N) is 1. The SMILES string of the molecule is NCC1(c2ccsn2)COC1. The molecule has 0 amide bonds. The van der Waals surface area contributed by atoms with E-state index in [4.69, 9.17) is 10.5 Å². The Morgan fingerprint density at radius 2 is 2.55 bits per heavy atom. The molecule has 1 aromatic rings. The highest BCUT2D eigenvalue weighted by Gasteiger charge is 2.40. The molecule has 11 heavy (non-hydrogen) atoms. The molecule has 0 radical (unpaired) electrons. The Balaban J connectivity index is 2.25. The van der Waals surface area contributed by atoms with E-state index in [2.05, 4.69) is 4.37 Å². The third-order valence-corrected chi connectivity index (χ3v) is 2.69. The highest BCUT2D eigenvalue weighted by Crippen LogP contribution is 2.30. The normalized spacial score (nSPS) is 21.2. The topological polar surface area (TPSA) is 48.1 Å². The molecule has 4 heteroatoms. The lowest BCUT2D eigenvalue weighted by atomic mass is 9.83. The molecule has 60 valence electrons. The van der Waals surface area contributed by atoms with E-state index < -0.39 is 0 Å². The fourth-order valence-corrected chi connectivity index (χ4v) is 1.82. The molecule has 0 spiro atoms. The predicted molar refractivity (Wildman–Crippen MR) is 43.7 cm³/mol. The van der Waals surface area contributed by atoms with Crippen molar-refractivity contribution in [2.45, 2.75) is 5.41 Å². The van der Waals surface area contributed by atoms with Crippen molar-refractivity contribution in [2.24, 2.45) is 5.73 Å². The maximum atomic E-state index is 5.64. The summed E-state index contributed by atoms with van der Waals surface area (Å²) in [6.45, 7) is 2.09. The van der Waals surface area contributed by atoms with Gasteiger partial charge in [0.15, 0.2) is 0 Å². The van der Waals surface area contributed by atoms with Gasteiger partial charge in [0.2, 0.25) is 0 Å². The van der Waals surface area contributed by atoms with Gasteiger partial charge < -0.3 is 10.5 Å². The Morgan fingerprint density at radius 1 is 1.73 bits per heavy atom. The molecule has 0 bridgehead atoms. The van der Waals surface area contributed by atoms with Gasteiger partial charge in [0.05, 0.1) is 24.3 Å². The number of hydrogen-bond donors (Lipinski definition) is 1. The van der Waals surface area contributed by atoms with Gasteiger partial charge in [-0.25, -0.2) is 0 Å². The fourth-order valence-electron chi connectivity index (χ4n) is 1.20. The van der Waals surface area contributed by atoms with Crippen LogP contribution in [0.1, 0.15) is 5.69 Å². The second kappa shape index (κ2) is 2.55. The van der Waals surface area contributed by atoms with E-state index in [-0.39, 0.29) is 5.41 Å². The standard InChI is InChI=1S/C7H10N2OS/c8-3-7(4-10-5-7)6-1-2-11-9-6/h1-2H,3-5,8H2. The lowest BCUT2D eigenvalue weighted by molar-refractivity contribution is -0.0566. The molecule has 1 fully saturated rings. The van der Waals surface area contributed by atoms with Gasteiger partial charge in [0.25, 0.3) is 0 Å². The van der Waals surface area contributed by atoms with E-state index in [1.807, 2.05) is 11.4 Å². The minimum absolute atomic E-state index is 0.0417. The van der Waals surface area contributed by atoms with Crippen molar-refractivity contribution in [1.29, 1.82) is 0 Å². The van der Waals surface area contributed by atoms with Gasteiger partial charge in [-0.05, 0) is 17.6 Å². The van der Waals surface area contributed by atoms with Crippen molar-refractivity contribution in [3.8, 4) is 0 Å². The Bertz CT molecular complexity index is 225. The first-order valence-electron chi connectivity index (χ1n) is 3.56. The van der Waals surface area contributed by atoms with E-state index in [0.717, 1.165) is 18.9 Å². The first kappa shape index (κ1) is 7.21. The van der Waals surface area contributed by atoms with Crippen LogP contribution in [0.3, 0.4) is 0 Å². The monoisotopic (exact) mass is 170 g/mol. The molecule has 0 atom stereocenters. The largest absolute Gasteiger partial charge is 0.379 e. The van der Waals surface area contributed by atoms with Crippen molar-refractivity contribution in [2.75, 3.05) is 19.8 Å². The molecule has 1 aliphatic rings. The maximum Gasteiger partial charge on any atom is 0.0725 e. The fraction of sp³-hybridized carbons (Fsp3) is 0.571. The van der Waals surface area contributed by atoms with Gasteiger partial charge >= 0.3 is 0 Å². The van der Waals surface area contributed by atoms with Gasteiger partial charge in [-0.1, -0.05) is 0 Å². The second-order valence-electron chi connectivity index (χ2n) is 2.86. The van der Waals surface area contributed by atoms with Crippen molar-refractivity contribution in [1.82, 2.24) is 4.37 Å². The Hall–Kier alpha value is -0.450. The summed E-state index contributed by atoms with van der Waals surface area (Å²) in [4.78, 5) is 0. The summed E-state index contributed by atoms with van der Waals surface area (Å²) in [6, 6.07) is 2.03. The first-order chi connectivity index (χ1) is 5.37. The summed E-state index contributed by atoms with van der Waals surface area (Å²) in [6.07, 6.45) is 0. The van der Waals surface area contributed by atoms with Crippen LogP contribution in [-0.4, -0.2) is 24.1 Å². The third kappa shape index (κ3) is 0.982. The third-order valence-electron chi connectivity index (χ3n) is 2.13. The Kier molecular flexibility index (Phi) is 1.67. The van der Waals surface area contributed by atoms with Crippen LogP contribution in [0, 0.1) is 0 Å². The zero-order chi connectivity index (χ0) is 7.73. The van der Waals surface area contributed by atoms with Crippen LogP contribution in [-0.2, 0) is 10.2 Å². The molecule has 1 saturated heterocycles. The van der Waals surface area contributed by atoms with Crippen LogP contribution in [0.25, 0.3) is 0 Å². The van der Waals surface area contributed by atoms with Crippen LogP contribution in [0.2, 0.25) is 0 Å². The molecule has 1 aliphatic heterocycles. The van der Waals surface area contributed by atoms with Crippen LogP contribution >= 0.6 is 11.5 Å². The average Bonchev–Trinajstić information content (AvgIpc) is 2.39. The van der Waals surface area contributed by atoms with E-state index in [1.54, 1.807) is 0 Å². The molecule has 0 saturated carbocycles. The summed E-state index contributed by atoms with van der Waals surface area (Å²) < 4.78 is 9.40. The Morgan fingerprint density at radius 3 is 2.91 bits per heavy atom. The van der Waals surface area contributed by atoms with Gasteiger partial charge in [-0.15, -0.1) is 0 Å². The molecule has 0 aromatic carbocycles. The predicted octanol–water partition coefficient (Wildman–Crippen LogP) is 0.370. The summed E-state index contributed by atoms with van der Waals surface area (Å²) >= 11 is 1.47. The lowest BCUT2D eigenvalue weighted by Gasteiger charge is -2.38. The Labute approximate surface area is 69.3 Å². The number of hydrogen-bond acceptors (Lipinski definition) is 4. The molecular formula is C7H10N2OS. The van der Waals surface area contributed by atoms with Crippen molar-refractivity contribution in [3.05, 3.63) is 17.1 Å². The molecule has 2 rings (SSSR count). The molecule has 0 aliphatic carbocycles. The van der Waals surface area contributed by atoms with E-state index in [0.29, 0.717) is 6.54 Å². The van der Waals surface area contributed by atoms with Crippen molar-refractivity contribution >= 4 is 11.5 Å². The summed E-state index contributed by atoms with van der Waals surface area (Å²) in [5, 5.41) is 1.98. The average molecular weight is 170 g/mol. The number of nitrogens with zero attached hydrogens (tertiary/aromatic N) is 1.